The molecule has 0 aromatic heterocycles. The van der Waals surface area contributed by atoms with Gasteiger partial charge in [-0.05, 0) is 50.6 Å². The van der Waals surface area contributed by atoms with E-state index in [-0.39, 0.29) is 0 Å². The summed E-state index contributed by atoms with van der Waals surface area (Å²) in [5.41, 5.74) is 0. The SMILES string of the molecule is CCCNCCC(C)C1CC1. The monoisotopic (exact) mass is 155 g/mol. The average Bonchev–Trinajstić information content (AvgIpc) is 2.79. The summed E-state index contributed by atoms with van der Waals surface area (Å²) in [6, 6.07) is 0. The van der Waals surface area contributed by atoms with Crippen LogP contribution in [0.3, 0.4) is 0 Å². The van der Waals surface area contributed by atoms with Crippen LogP contribution in [0.25, 0.3) is 0 Å². The maximum absolute atomic E-state index is 3.45. The molecule has 0 aromatic carbocycles. The van der Waals surface area contributed by atoms with Crippen molar-refractivity contribution in [2.24, 2.45) is 11.8 Å². The second kappa shape index (κ2) is 4.76. The molecule has 1 aliphatic rings. The van der Waals surface area contributed by atoms with Crippen molar-refractivity contribution in [1.82, 2.24) is 5.32 Å². The van der Waals surface area contributed by atoms with Gasteiger partial charge >= 0.3 is 0 Å². The van der Waals surface area contributed by atoms with Crippen LogP contribution in [0, 0.1) is 11.8 Å². The van der Waals surface area contributed by atoms with E-state index in [2.05, 4.69) is 19.2 Å². The molecule has 0 bridgehead atoms. The Morgan fingerprint density at radius 1 is 1.36 bits per heavy atom. The first-order valence-corrected chi connectivity index (χ1v) is 5.05. The maximum atomic E-state index is 3.45. The molecule has 1 N–H and O–H groups in total. The molecule has 11 heavy (non-hydrogen) atoms. The minimum Gasteiger partial charge on any atom is -0.317 e. The number of rotatable bonds is 6. The Labute approximate surface area is 70.6 Å². The lowest BCUT2D eigenvalue weighted by molar-refractivity contribution is 0.451. The summed E-state index contributed by atoms with van der Waals surface area (Å²) in [5, 5.41) is 3.45. The predicted molar refractivity (Wildman–Crippen MR) is 49.7 cm³/mol. The van der Waals surface area contributed by atoms with Crippen LogP contribution < -0.4 is 5.32 Å². The normalized spacial score (nSPS) is 20.2. The molecule has 1 saturated carbocycles. The second-order valence-corrected chi connectivity index (χ2v) is 3.85. The van der Waals surface area contributed by atoms with Crippen LogP contribution >= 0.6 is 0 Å². The average molecular weight is 155 g/mol. The molecule has 66 valence electrons. The minimum atomic E-state index is 0.972. The highest BCUT2D eigenvalue weighted by atomic mass is 14.8. The van der Waals surface area contributed by atoms with Gasteiger partial charge in [0.05, 0.1) is 0 Å². The first-order valence-electron chi connectivity index (χ1n) is 5.05. The Morgan fingerprint density at radius 2 is 2.09 bits per heavy atom. The van der Waals surface area contributed by atoms with E-state index in [0.717, 1.165) is 11.8 Å². The van der Waals surface area contributed by atoms with E-state index in [1.165, 1.54) is 38.8 Å². The van der Waals surface area contributed by atoms with E-state index in [0.29, 0.717) is 0 Å². The van der Waals surface area contributed by atoms with Crippen molar-refractivity contribution < 1.29 is 0 Å². The summed E-state index contributed by atoms with van der Waals surface area (Å²) in [5.74, 6) is 2.05. The lowest BCUT2D eigenvalue weighted by Gasteiger charge is -2.09. The van der Waals surface area contributed by atoms with Crippen LogP contribution in [0.1, 0.15) is 39.5 Å². The number of hydrogen-bond acceptors (Lipinski definition) is 1. The van der Waals surface area contributed by atoms with Crippen molar-refractivity contribution in [1.29, 1.82) is 0 Å². The molecule has 0 radical (unpaired) electrons. The van der Waals surface area contributed by atoms with Crippen molar-refractivity contribution in [2.45, 2.75) is 39.5 Å². The summed E-state index contributed by atoms with van der Waals surface area (Å²) in [6.45, 7) is 7.03. The van der Waals surface area contributed by atoms with Gasteiger partial charge in [0.25, 0.3) is 0 Å². The fourth-order valence-electron chi connectivity index (χ4n) is 1.53. The zero-order valence-corrected chi connectivity index (χ0v) is 7.90. The van der Waals surface area contributed by atoms with E-state index in [1.54, 1.807) is 0 Å². The van der Waals surface area contributed by atoms with E-state index in [4.69, 9.17) is 0 Å². The molecular formula is C10H21N. The lowest BCUT2D eigenvalue weighted by Crippen LogP contribution is -2.18. The molecule has 1 atom stereocenters. The van der Waals surface area contributed by atoms with Gasteiger partial charge in [0.2, 0.25) is 0 Å². The van der Waals surface area contributed by atoms with Gasteiger partial charge in [0, 0.05) is 0 Å². The Morgan fingerprint density at radius 3 is 2.64 bits per heavy atom. The van der Waals surface area contributed by atoms with Crippen LogP contribution in [0.4, 0.5) is 0 Å². The molecule has 1 nitrogen and oxygen atoms in total. The largest absolute Gasteiger partial charge is 0.317 e. The molecule has 1 rings (SSSR count). The van der Waals surface area contributed by atoms with E-state index >= 15 is 0 Å². The third-order valence-corrected chi connectivity index (χ3v) is 2.63. The van der Waals surface area contributed by atoms with E-state index < -0.39 is 0 Å². The fourth-order valence-corrected chi connectivity index (χ4v) is 1.53. The second-order valence-electron chi connectivity index (χ2n) is 3.85. The van der Waals surface area contributed by atoms with Crippen molar-refractivity contribution in [2.75, 3.05) is 13.1 Å². The first-order chi connectivity index (χ1) is 5.34. The van der Waals surface area contributed by atoms with Crippen molar-refractivity contribution in [3.63, 3.8) is 0 Å². The van der Waals surface area contributed by atoms with Crippen LogP contribution in [0.5, 0.6) is 0 Å². The van der Waals surface area contributed by atoms with Gasteiger partial charge in [0.1, 0.15) is 0 Å². The maximum Gasteiger partial charge on any atom is -0.00463 e. The van der Waals surface area contributed by atoms with Gasteiger partial charge in [-0.1, -0.05) is 13.8 Å². The van der Waals surface area contributed by atoms with Crippen molar-refractivity contribution in [3.8, 4) is 0 Å². The third kappa shape index (κ3) is 3.76. The summed E-state index contributed by atoms with van der Waals surface area (Å²) in [7, 11) is 0. The molecule has 0 heterocycles. The molecule has 0 saturated heterocycles. The highest BCUT2D eigenvalue weighted by Gasteiger charge is 2.26. The highest BCUT2D eigenvalue weighted by molar-refractivity contribution is 4.78. The topological polar surface area (TPSA) is 12.0 Å². The Hall–Kier alpha value is -0.0400. The zero-order chi connectivity index (χ0) is 8.10. The van der Waals surface area contributed by atoms with Gasteiger partial charge in [0.15, 0.2) is 0 Å². The molecular weight excluding hydrogens is 134 g/mol. The highest BCUT2D eigenvalue weighted by Crippen LogP contribution is 2.37. The molecule has 0 aromatic rings. The van der Waals surface area contributed by atoms with Crippen LogP contribution in [0.2, 0.25) is 0 Å². The van der Waals surface area contributed by atoms with Gasteiger partial charge in [-0.25, -0.2) is 0 Å². The molecule has 1 fully saturated rings. The summed E-state index contributed by atoms with van der Waals surface area (Å²) >= 11 is 0. The Balaban J connectivity index is 1.85. The third-order valence-electron chi connectivity index (χ3n) is 2.63. The van der Waals surface area contributed by atoms with Gasteiger partial charge in [-0.3, -0.25) is 0 Å². The quantitative estimate of drug-likeness (QED) is 0.581. The molecule has 0 spiro atoms. The zero-order valence-electron chi connectivity index (χ0n) is 7.90. The van der Waals surface area contributed by atoms with Crippen molar-refractivity contribution >= 4 is 0 Å². The molecule has 1 unspecified atom stereocenters. The molecule has 1 heteroatoms. The predicted octanol–water partition coefficient (Wildman–Crippen LogP) is 2.42. The lowest BCUT2D eigenvalue weighted by atomic mass is 10.0. The Bertz CT molecular complexity index is 97.0. The summed E-state index contributed by atoms with van der Waals surface area (Å²) < 4.78 is 0. The van der Waals surface area contributed by atoms with Gasteiger partial charge in [-0.2, -0.15) is 0 Å². The number of nitrogens with one attached hydrogen (secondary N) is 1. The van der Waals surface area contributed by atoms with Crippen LogP contribution in [0.15, 0.2) is 0 Å². The fraction of sp³-hybridized carbons (Fsp3) is 1.00. The van der Waals surface area contributed by atoms with Crippen molar-refractivity contribution in [3.05, 3.63) is 0 Å². The first kappa shape index (κ1) is 9.05. The molecule has 0 aliphatic heterocycles. The Kier molecular flexibility index (Phi) is 3.92. The van der Waals surface area contributed by atoms with E-state index in [9.17, 15) is 0 Å². The summed E-state index contributed by atoms with van der Waals surface area (Å²) in [4.78, 5) is 0. The molecule has 0 amide bonds. The van der Waals surface area contributed by atoms with Crippen LogP contribution in [-0.4, -0.2) is 13.1 Å². The standard InChI is InChI=1S/C10H21N/c1-3-7-11-8-6-9(2)10-4-5-10/h9-11H,3-8H2,1-2H3. The van der Waals surface area contributed by atoms with E-state index in [1.807, 2.05) is 0 Å². The smallest absolute Gasteiger partial charge is 0.00463 e. The summed E-state index contributed by atoms with van der Waals surface area (Å²) in [6.07, 6.45) is 5.63. The van der Waals surface area contributed by atoms with Gasteiger partial charge in [-0.15, -0.1) is 0 Å². The minimum absolute atomic E-state index is 0.972. The van der Waals surface area contributed by atoms with Crippen LogP contribution in [-0.2, 0) is 0 Å². The molecule has 1 aliphatic carbocycles. The number of hydrogen-bond donors (Lipinski definition) is 1. The van der Waals surface area contributed by atoms with Gasteiger partial charge < -0.3 is 5.32 Å².